The average molecular weight is 424 g/mol. The van der Waals surface area contributed by atoms with Crippen molar-refractivity contribution in [2.24, 2.45) is 11.5 Å². The van der Waals surface area contributed by atoms with Gasteiger partial charge >= 0.3 is 0 Å². The van der Waals surface area contributed by atoms with E-state index < -0.39 is 11.3 Å². The van der Waals surface area contributed by atoms with Gasteiger partial charge in [-0.15, -0.1) is 0 Å². The summed E-state index contributed by atoms with van der Waals surface area (Å²) >= 11 is 0. The summed E-state index contributed by atoms with van der Waals surface area (Å²) in [5.41, 5.74) is 17.5. The SMILES string of the molecule is NCCn1c(N)c(C(N)=O)c(=O)c2cnc(N(c3ccccc3)N3CCOCC3)nc21. The molecule has 6 N–H and O–H groups in total. The van der Waals surface area contributed by atoms with E-state index >= 15 is 0 Å². The Hall–Kier alpha value is -3.54. The largest absolute Gasteiger partial charge is 0.384 e. The minimum absolute atomic E-state index is 0.0577. The summed E-state index contributed by atoms with van der Waals surface area (Å²) in [5, 5.41) is 4.11. The van der Waals surface area contributed by atoms with Gasteiger partial charge in [0, 0.05) is 32.4 Å². The number of hydrogen-bond acceptors (Lipinski definition) is 9. The molecule has 0 spiro atoms. The Labute approximate surface area is 178 Å². The number of primary amides is 1. The monoisotopic (exact) mass is 424 g/mol. The zero-order valence-corrected chi connectivity index (χ0v) is 16.9. The standard InChI is InChI=1S/C20H24N8O3/c21-6-7-27-17(22)15(18(23)30)16(29)14-12-24-20(25-19(14)27)28(13-4-2-1-3-5-13)26-8-10-31-11-9-26/h1-5,12H,6-11,21-22H2,(H2,23,30). The van der Waals surface area contributed by atoms with Crippen molar-refractivity contribution >= 4 is 34.4 Å². The van der Waals surface area contributed by atoms with Gasteiger partial charge in [-0.1, -0.05) is 18.2 Å². The second kappa shape index (κ2) is 8.68. The number of aromatic nitrogens is 3. The molecule has 11 nitrogen and oxygen atoms in total. The van der Waals surface area contributed by atoms with Crippen LogP contribution in [0.25, 0.3) is 11.0 Å². The molecule has 0 aliphatic carbocycles. The number of para-hydroxylation sites is 1. The highest BCUT2D eigenvalue weighted by Crippen LogP contribution is 2.26. The number of nitrogens with zero attached hydrogens (tertiary/aromatic N) is 5. The number of hydrazine groups is 1. The summed E-state index contributed by atoms with van der Waals surface area (Å²) in [6.45, 7) is 2.92. The third-order valence-electron chi connectivity index (χ3n) is 5.09. The van der Waals surface area contributed by atoms with Gasteiger partial charge in [-0.2, -0.15) is 4.98 Å². The molecule has 0 bridgehead atoms. The number of rotatable bonds is 6. The van der Waals surface area contributed by atoms with Crippen molar-refractivity contribution < 1.29 is 9.53 Å². The minimum atomic E-state index is -0.904. The van der Waals surface area contributed by atoms with E-state index in [1.54, 1.807) is 0 Å². The summed E-state index contributed by atoms with van der Waals surface area (Å²) in [7, 11) is 0. The Bertz CT molecular complexity index is 1160. The first-order valence-electron chi connectivity index (χ1n) is 9.89. The van der Waals surface area contributed by atoms with Crippen LogP contribution in [0.15, 0.2) is 41.3 Å². The number of morpholine rings is 1. The van der Waals surface area contributed by atoms with Crippen molar-refractivity contribution in [2.75, 3.05) is 43.6 Å². The number of benzene rings is 1. The average Bonchev–Trinajstić information content (AvgIpc) is 2.78. The lowest BCUT2D eigenvalue weighted by atomic mass is 10.1. The minimum Gasteiger partial charge on any atom is -0.384 e. The molecule has 1 aliphatic heterocycles. The van der Waals surface area contributed by atoms with Gasteiger partial charge in [-0.05, 0) is 12.1 Å². The fraction of sp³-hybridized carbons (Fsp3) is 0.300. The van der Waals surface area contributed by atoms with E-state index in [1.807, 2.05) is 35.3 Å². The number of nitrogen functional groups attached to an aromatic ring is 1. The quantitative estimate of drug-likeness (QED) is 0.488. The van der Waals surface area contributed by atoms with Crippen molar-refractivity contribution in [3.63, 3.8) is 0 Å². The molecule has 3 heterocycles. The predicted molar refractivity (Wildman–Crippen MR) is 117 cm³/mol. The number of fused-ring (bicyclic) bond motifs is 1. The first kappa shape index (κ1) is 20.7. The summed E-state index contributed by atoms with van der Waals surface area (Å²) in [6, 6.07) is 9.66. The zero-order valence-electron chi connectivity index (χ0n) is 16.9. The topological polar surface area (TPSA) is 159 Å². The number of nitrogens with two attached hydrogens (primary N) is 3. The summed E-state index contributed by atoms with van der Waals surface area (Å²) in [6.07, 6.45) is 1.40. The van der Waals surface area contributed by atoms with Crippen molar-refractivity contribution in [2.45, 2.75) is 6.54 Å². The third-order valence-corrected chi connectivity index (χ3v) is 5.09. The second-order valence-electron chi connectivity index (χ2n) is 7.01. The molecule has 11 heteroatoms. The van der Waals surface area contributed by atoms with Crippen LogP contribution >= 0.6 is 0 Å². The number of carbonyl (C=O) groups excluding carboxylic acids is 1. The molecule has 31 heavy (non-hydrogen) atoms. The molecule has 1 saturated heterocycles. The summed E-state index contributed by atoms with van der Waals surface area (Å²) < 4.78 is 7.01. The van der Waals surface area contributed by atoms with E-state index in [0.717, 1.165) is 5.69 Å². The van der Waals surface area contributed by atoms with E-state index in [4.69, 9.17) is 21.9 Å². The Morgan fingerprint density at radius 2 is 1.90 bits per heavy atom. The molecule has 0 atom stereocenters. The molecule has 0 unspecified atom stereocenters. The van der Waals surface area contributed by atoms with Gasteiger partial charge in [-0.25, -0.2) is 15.0 Å². The lowest BCUT2D eigenvalue weighted by Gasteiger charge is -2.37. The van der Waals surface area contributed by atoms with E-state index in [-0.39, 0.29) is 35.5 Å². The van der Waals surface area contributed by atoms with Crippen molar-refractivity contribution in [1.29, 1.82) is 0 Å². The molecule has 1 aliphatic rings. The van der Waals surface area contributed by atoms with Crippen LogP contribution in [0.5, 0.6) is 0 Å². The molecule has 1 fully saturated rings. The van der Waals surface area contributed by atoms with Gasteiger partial charge < -0.3 is 26.5 Å². The summed E-state index contributed by atoms with van der Waals surface area (Å²) in [4.78, 5) is 33.8. The van der Waals surface area contributed by atoms with Crippen LogP contribution in [0.3, 0.4) is 0 Å². The lowest BCUT2D eigenvalue weighted by molar-refractivity contribution is 0.0372. The van der Waals surface area contributed by atoms with Crippen LogP contribution in [-0.4, -0.2) is 58.3 Å². The maximum atomic E-state index is 12.9. The van der Waals surface area contributed by atoms with Crippen LogP contribution in [0.1, 0.15) is 10.4 Å². The first-order chi connectivity index (χ1) is 15.0. The van der Waals surface area contributed by atoms with Gasteiger partial charge in [-0.3, -0.25) is 9.59 Å². The Kier molecular flexibility index (Phi) is 5.80. The molecule has 0 saturated carbocycles. The van der Waals surface area contributed by atoms with Crippen LogP contribution < -0.4 is 27.6 Å². The Morgan fingerprint density at radius 1 is 1.19 bits per heavy atom. The van der Waals surface area contributed by atoms with Gasteiger partial charge in [0.1, 0.15) is 11.4 Å². The molecule has 2 aromatic heterocycles. The molecule has 1 amide bonds. The number of pyridine rings is 1. The number of amides is 1. The number of ether oxygens (including phenoxy) is 1. The van der Waals surface area contributed by atoms with Gasteiger partial charge in [0.05, 0.1) is 24.3 Å². The fourth-order valence-electron chi connectivity index (χ4n) is 3.65. The fourth-order valence-corrected chi connectivity index (χ4v) is 3.65. The first-order valence-corrected chi connectivity index (χ1v) is 9.89. The van der Waals surface area contributed by atoms with Crippen LogP contribution in [0, 0.1) is 0 Å². The van der Waals surface area contributed by atoms with Crippen LogP contribution in [0.4, 0.5) is 17.5 Å². The number of anilines is 3. The predicted octanol–water partition coefficient (Wildman–Crippen LogP) is -0.183. The third kappa shape index (κ3) is 3.81. The van der Waals surface area contributed by atoms with Crippen molar-refractivity contribution in [3.8, 4) is 0 Å². The molecular formula is C20H24N8O3. The molecule has 3 aromatic rings. The molecule has 0 radical (unpaired) electrons. The zero-order chi connectivity index (χ0) is 22.0. The Balaban J connectivity index is 1.94. The lowest BCUT2D eigenvalue weighted by Crippen LogP contribution is -2.47. The second-order valence-corrected chi connectivity index (χ2v) is 7.01. The normalized spacial score (nSPS) is 14.6. The Morgan fingerprint density at radius 3 is 2.55 bits per heavy atom. The number of hydrogen-bond donors (Lipinski definition) is 3. The number of carbonyl (C=O) groups is 1. The molecule has 1 aromatic carbocycles. The van der Waals surface area contributed by atoms with Gasteiger partial charge in [0.25, 0.3) is 5.91 Å². The molecular weight excluding hydrogens is 400 g/mol. The molecule has 4 rings (SSSR count). The highest BCUT2D eigenvalue weighted by Gasteiger charge is 2.25. The van der Waals surface area contributed by atoms with Crippen molar-refractivity contribution in [3.05, 3.63) is 52.3 Å². The van der Waals surface area contributed by atoms with Crippen LogP contribution in [-0.2, 0) is 11.3 Å². The molecule has 162 valence electrons. The maximum absolute atomic E-state index is 12.9. The van der Waals surface area contributed by atoms with Crippen molar-refractivity contribution in [1.82, 2.24) is 19.5 Å². The van der Waals surface area contributed by atoms with Gasteiger partial charge in [0.15, 0.2) is 5.65 Å². The highest BCUT2D eigenvalue weighted by atomic mass is 16.5. The van der Waals surface area contributed by atoms with E-state index in [9.17, 15) is 9.59 Å². The van der Waals surface area contributed by atoms with E-state index in [1.165, 1.54) is 10.8 Å². The smallest absolute Gasteiger partial charge is 0.256 e. The maximum Gasteiger partial charge on any atom is 0.256 e. The summed E-state index contributed by atoms with van der Waals surface area (Å²) in [5.74, 6) is -0.604. The van der Waals surface area contributed by atoms with E-state index in [2.05, 4.69) is 15.0 Å². The van der Waals surface area contributed by atoms with Gasteiger partial charge in [0.2, 0.25) is 11.4 Å². The highest BCUT2D eigenvalue weighted by molar-refractivity contribution is 6.00. The van der Waals surface area contributed by atoms with Crippen LogP contribution in [0.2, 0.25) is 0 Å². The van der Waals surface area contributed by atoms with E-state index in [0.29, 0.717) is 32.3 Å².